The van der Waals surface area contributed by atoms with Gasteiger partial charge in [0.05, 0.1) is 11.4 Å². The number of hydrogen-bond acceptors (Lipinski definition) is 6. The maximum absolute atomic E-state index is 11.3. The summed E-state index contributed by atoms with van der Waals surface area (Å²) in [6.45, 7) is 4.28. The zero-order chi connectivity index (χ0) is 22.4. The molecule has 1 aliphatic heterocycles. The van der Waals surface area contributed by atoms with Gasteiger partial charge in [-0.05, 0) is 50.2 Å². The average molecular weight is 467 g/mol. The first kappa shape index (κ1) is 23.4. The Bertz CT molecular complexity index is 881. The van der Waals surface area contributed by atoms with Crippen molar-refractivity contribution in [3.05, 3.63) is 57.1 Å². The van der Waals surface area contributed by atoms with Gasteiger partial charge in [-0.3, -0.25) is 9.80 Å². The number of rotatable bonds is 6. The van der Waals surface area contributed by atoms with Crippen LogP contribution in [0.1, 0.15) is 51.6 Å². The molecule has 0 bridgehead atoms. The molecule has 0 amide bonds. The zero-order valence-electron chi connectivity index (χ0n) is 16.9. The van der Waals surface area contributed by atoms with E-state index in [4.69, 9.17) is 23.2 Å². The lowest BCUT2D eigenvalue weighted by molar-refractivity contribution is 0.0679. The van der Waals surface area contributed by atoms with Crippen LogP contribution in [-0.2, 0) is 13.1 Å². The molecule has 166 valence electrons. The molecule has 10 heteroatoms. The predicted octanol–water partition coefficient (Wildman–Crippen LogP) is 3.67. The number of pyridine rings is 2. The molecule has 2 N–H and O–H groups in total. The first-order chi connectivity index (χ1) is 14.8. The standard InChI is InChI=1S/C21H24Cl2N4O4/c22-14-8-16(24-18(10-14)20(28)29)12-26-4-2-1-3-5-27(7-6-26)13-17-9-15(23)11-19(25-17)21(30)31/h8-11H,1-7,12-13H2,(H,28,29)(H,30,31). The first-order valence-electron chi connectivity index (χ1n) is 10.0. The second kappa shape index (κ2) is 10.9. The fourth-order valence-corrected chi connectivity index (χ4v) is 4.07. The number of nitrogens with zero attached hydrogens (tertiary/aromatic N) is 4. The third kappa shape index (κ3) is 7.14. The highest BCUT2D eigenvalue weighted by Crippen LogP contribution is 2.17. The maximum Gasteiger partial charge on any atom is 0.354 e. The van der Waals surface area contributed by atoms with Crippen LogP contribution in [0.4, 0.5) is 0 Å². The van der Waals surface area contributed by atoms with Gasteiger partial charge in [0.25, 0.3) is 0 Å². The van der Waals surface area contributed by atoms with E-state index in [9.17, 15) is 19.8 Å². The van der Waals surface area contributed by atoms with E-state index in [1.165, 1.54) is 12.1 Å². The Balaban J connectivity index is 1.68. The van der Waals surface area contributed by atoms with Crippen molar-refractivity contribution in [3.8, 4) is 0 Å². The molecule has 0 spiro atoms. The van der Waals surface area contributed by atoms with Crippen molar-refractivity contribution in [1.29, 1.82) is 0 Å². The highest BCUT2D eigenvalue weighted by molar-refractivity contribution is 6.31. The average Bonchev–Trinajstić information content (AvgIpc) is 2.80. The Morgan fingerprint density at radius 2 is 1.16 bits per heavy atom. The van der Waals surface area contributed by atoms with Crippen LogP contribution in [0.25, 0.3) is 0 Å². The van der Waals surface area contributed by atoms with Crippen molar-refractivity contribution in [3.63, 3.8) is 0 Å². The van der Waals surface area contributed by atoms with Crippen LogP contribution in [0, 0.1) is 0 Å². The third-order valence-electron chi connectivity index (χ3n) is 5.08. The van der Waals surface area contributed by atoms with E-state index in [1.54, 1.807) is 12.1 Å². The summed E-state index contributed by atoms with van der Waals surface area (Å²) in [6, 6.07) is 6.08. The molecule has 31 heavy (non-hydrogen) atoms. The highest BCUT2D eigenvalue weighted by Gasteiger charge is 2.17. The van der Waals surface area contributed by atoms with E-state index < -0.39 is 11.9 Å². The van der Waals surface area contributed by atoms with Crippen molar-refractivity contribution in [1.82, 2.24) is 19.8 Å². The molecule has 2 aromatic heterocycles. The Morgan fingerprint density at radius 1 is 0.742 bits per heavy atom. The summed E-state index contributed by atoms with van der Waals surface area (Å²) in [7, 11) is 0. The smallest absolute Gasteiger partial charge is 0.354 e. The Kier molecular flexibility index (Phi) is 8.20. The second-order valence-corrected chi connectivity index (χ2v) is 8.42. The lowest BCUT2D eigenvalue weighted by atomic mass is 10.2. The van der Waals surface area contributed by atoms with Gasteiger partial charge in [0.15, 0.2) is 0 Å². The number of carboxylic acids is 2. The van der Waals surface area contributed by atoms with Gasteiger partial charge in [-0.1, -0.05) is 29.6 Å². The summed E-state index contributed by atoms with van der Waals surface area (Å²) in [5.74, 6) is -2.21. The Labute approximate surface area is 190 Å². The van der Waals surface area contributed by atoms with Gasteiger partial charge in [-0.2, -0.15) is 0 Å². The van der Waals surface area contributed by atoms with E-state index in [-0.39, 0.29) is 11.4 Å². The largest absolute Gasteiger partial charge is 0.477 e. The van der Waals surface area contributed by atoms with Crippen LogP contribution in [0.5, 0.6) is 0 Å². The third-order valence-corrected chi connectivity index (χ3v) is 5.51. The minimum Gasteiger partial charge on any atom is -0.477 e. The SMILES string of the molecule is O=C(O)c1cc(Cl)cc(CN2CCCCCN(Cc3cc(Cl)cc(C(=O)O)n3)CC2)n1. The number of hydrogen-bond donors (Lipinski definition) is 2. The molecule has 0 aliphatic carbocycles. The molecule has 8 nitrogen and oxygen atoms in total. The van der Waals surface area contributed by atoms with Crippen LogP contribution >= 0.6 is 23.2 Å². The molecule has 0 unspecified atom stereocenters. The number of aromatic carboxylic acids is 2. The van der Waals surface area contributed by atoms with Gasteiger partial charge >= 0.3 is 11.9 Å². The van der Waals surface area contributed by atoms with E-state index in [1.807, 2.05) is 0 Å². The van der Waals surface area contributed by atoms with E-state index >= 15 is 0 Å². The van der Waals surface area contributed by atoms with Crippen LogP contribution in [0.15, 0.2) is 24.3 Å². The molecule has 1 saturated heterocycles. The molecule has 3 rings (SSSR count). The van der Waals surface area contributed by atoms with Gasteiger partial charge < -0.3 is 10.2 Å². The minimum absolute atomic E-state index is 0.0605. The summed E-state index contributed by atoms with van der Waals surface area (Å²) in [5.41, 5.74) is 1.13. The van der Waals surface area contributed by atoms with Crippen molar-refractivity contribution in [2.24, 2.45) is 0 Å². The summed E-state index contributed by atoms with van der Waals surface area (Å²) >= 11 is 12.1. The molecule has 0 radical (unpaired) electrons. The molecular weight excluding hydrogens is 443 g/mol. The Hall–Kier alpha value is -2.26. The monoisotopic (exact) mass is 466 g/mol. The fourth-order valence-electron chi connectivity index (χ4n) is 3.61. The summed E-state index contributed by atoms with van der Waals surface area (Å²) in [5, 5.41) is 19.1. The van der Waals surface area contributed by atoms with E-state index in [2.05, 4.69) is 19.8 Å². The minimum atomic E-state index is -1.10. The summed E-state index contributed by atoms with van der Waals surface area (Å²) in [4.78, 5) is 35.4. The van der Waals surface area contributed by atoms with Crippen molar-refractivity contribution in [2.75, 3.05) is 26.2 Å². The maximum atomic E-state index is 11.3. The summed E-state index contributed by atoms with van der Waals surface area (Å²) in [6.07, 6.45) is 3.11. The van der Waals surface area contributed by atoms with E-state index in [0.717, 1.165) is 45.4 Å². The molecule has 0 aromatic carbocycles. The lowest BCUT2D eigenvalue weighted by Gasteiger charge is -2.26. The topological polar surface area (TPSA) is 107 Å². The fraction of sp³-hybridized carbons (Fsp3) is 0.429. The predicted molar refractivity (Wildman–Crippen MR) is 117 cm³/mol. The van der Waals surface area contributed by atoms with Gasteiger partial charge in [-0.15, -0.1) is 0 Å². The number of aromatic nitrogens is 2. The van der Waals surface area contributed by atoms with Gasteiger partial charge in [-0.25, -0.2) is 19.6 Å². The number of carboxylic acid groups (broad SMARTS) is 2. The quantitative estimate of drug-likeness (QED) is 0.663. The Morgan fingerprint density at radius 3 is 1.55 bits per heavy atom. The van der Waals surface area contributed by atoms with Gasteiger partial charge in [0.1, 0.15) is 11.4 Å². The van der Waals surface area contributed by atoms with Crippen molar-refractivity contribution in [2.45, 2.75) is 32.4 Å². The number of carbonyl (C=O) groups is 2. The zero-order valence-corrected chi connectivity index (χ0v) is 18.4. The molecule has 3 heterocycles. The van der Waals surface area contributed by atoms with Gasteiger partial charge in [0.2, 0.25) is 0 Å². The van der Waals surface area contributed by atoms with Crippen LogP contribution < -0.4 is 0 Å². The lowest BCUT2D eigenvalue weighted by Crippen LogP contribution is -2.35. The molecule has 2 aromatic rings. The molecule has 1 aliphatic rings. The van der Waals surface area contributed by atoms with Crippen LogP contribution in [0.2, 0.25) is 10.0 Å². The first-order valence-corrected chi connectivity index (χ1v) is 10.8. The van der Waals surface area contributed by atoms with Gasteiger partial charge in [0, 0.05) is 36.2 Å². The van der Waals surface area contributed by atoms with Crippen LogP contribution in [-0.4, -0.2) is 68.1 Å². The molecule has 0 saturated carbocycles. The molecule has 0 atom stereocenters. The van der Waals surface area contributed by atoms with E-state index in [0.29, 0.717) is 34.5 Å². The van der Waals surface area contributed by atoms with Crippen molar-refractivity contribution < 1.29 is 19.8 Å². The normalized spacial score (nSPS) is 16.3. The van der Waals surface area contributed by atoms with Crippen molar-refractivity contribution >= 4 is 35.1 Å². The molecule has 1 fully saturated rings. The summed E-state index contributed by atoms with van der Waals surface area (Å²) < 4.78 is 0. The molecular formula is C21H24Cl2N4O4. The van der Waals surface area contributed by atoms with Crippen LogP contribution in [0.3, 0.4) is 0 Å². The highest BCUT2D eigenvalue weighted by atomic mass is 35.5. The second-order valence-electron chi connectivity index (χ2n) is 7.55. The number of halogens is 2.